The highest BCUT2D eigenvalue weighted by molar-refractivity contribution is 5.72. The molecule has 21 heavy (non-hydrogen) atoms. The zero-order valence-corrected chi connectivity index (χ0v) is 12.6. The van der Waals surface area contributed by atoms with Gasteiger partial charge < -0.3 is 15.2 Å². The van der Waals surface area contributed by atoms with Gasteiger partial charge in [-0.05, 0) is 51.0 Å². The predicted molar refractivity (Wildman–Crippen MR) is 75.5 cm³/mol. The van der Waals surface area contributed by atoms with Crippen molar-refractivity contribution in [3.8, 4) is 0 Å². The Morgan fingerprint density at radius 2 is 2.00 bits per heavy atom. The molecule has 0 saturated heterocycles. The molecule has 0 aromatic heterocycles. The lowest BCUT2D eigenvalue weighted by Gasteiger charge is -2.24. The molecule has 0 bridgehead atoms. The van der Waals surface area contributed by atoms with Gasteiger partial charge in [0.05, 0.1) is 12.5 Å². The van der Waals surface area contributed by atoms with Gasteiger partial charge in [-0.3, -0.25) is 4.79 Å². The summed E-state index contributed by atoms with van der Waals surface area (Å²) in [6, 6.07) is 3.19. The largest absolute Gasteiger partial charge is 0.481 e. The van der Waals surface area contributed by atoms with E-state index in [9.17, 15) is 14.0 Å². The van der Waals surface area contributed by atoms with Gasteiger partial charge >= 0.3 is 12.1 Å². The lowest BCUT2D eigenvalue weighted by Crippen LogP contribution is -2.36. The fraction of sp³-hybridized carbons (Fsp3) is 0.467. The van der Waals surface area contributed by atoms with Crippen molar-refractivity contribution in [3.63, 3.8) is 0 Å². The van der Waals surface area contributed by atoms with Crippen molar-refractivity contribution in [1.29, 1.82) is 0 Å². The molecule has 0 fully saturated rings. The highest BCUT2D eigenvalue weighted by Crippen LogP contribution is 2.22. The molecule has 0 radical (unpaired) electrons. The number of halogens is 1. The number of carboxylic acid groups (broad SMARTS) is 1. The van der Waals surface area contributed by atoms with Gasteiger partial charge in [0.15, 0.2) is 0 Å². The van der Waals surface area contributed by atoms with E-state index in [0.717, 1.165) is 0 Å². The second-order valence-electron chi connectivity index (χ2n) is 5.80. The number of alkyl carbamates (subject to hydrolysis) is 1. The maximum atomic E-state index is 13.4. The number of amides is 1. The van der Waals surface area contributed by atoms with Gasteiger partial charge in [-0.15, -0.1) is 0 Å². The number of carbonyl (C=O) groups excluding carboxylic acids is 1. The van der Waals surface area contributed by atoms with Crippen LogP contribution in [0.5, 0.6) is 0 Å². The summed E-state index contributed by atoms with van der Waals surface area (Å²) in [4.78, 5) is 22.8. The first-order valence-corrected chi connectivity index (χ1v) is 6.56. The fourth-order valence-corrected chi connectivity index (χ4v) is 1.85. The van der Waals surface area contributed by atoms with Crippen LogP contribution in [0.4, 0.5) is 9.18 Å². The summed E-state index contributed by atoms with van der Waals surface area (Å²) in [5.41, 5.74) is 0.413. The van der Waals surface area contributed by atoms with E-state index in [0.29, 0.717) is 11.1 Å². The molecule has 0 heterocycles. The third-order valence-electron chi connectivity index (χ3n) is 2.69. The molecule has 1 amide bonds. The first kappa shape index (κ1) is 16.9. The average molecular weight is 297 g/mol. The standard InChI is InChI=1S/C15H20FNO4/c1-9-5-6-10(16)7-11(9)12(8-13(18)19)17-14(20)21-15(2,3)4/h5-7,12H,8H2,1-4H3,(H,17,20)(H,18,19)/t12-/m1/s1. The van der Waals surface area contributed by atoms with Crippen molar-refractivity contribution < 1.29 is 23.8 Å². The summed E-state index contributed by atoms with van der Waals surface area (Å²) < 4.78 is 18.5. The van der Waals surface area contributed by atoms with E-state index in [2.05, 4.69) is 5.32 Å². The molecule has 1 rings (SSSR count). The van der Waals surface area contributed by atoms with Crippen LogP contribution in [0.1, 0.15) is 44.4 Å². The minimum atomic E-state index is -1.10. The number of carboxylic acids is 1. The number of benzene rings is 1. The second-order valence-corrected chi connectivity index (χ2v) is 5.80. The Kier molecular flexibility index (Phi) is 5.29. The maximum Gasteiger partial charge on any atom is 0.408 e. The Morgan fingerprint density at radius 1 is 1.38 bits per heavy atom. The fourth-order valence-electron chi connectivity index (χ4n) is 1.85. The monoisotopic (exact) mass is 297 g/mol. The molecule has 0 aliphatic carbocycles. The van der Waals surface area contributed by atoms with E-state index in [1.54, 1.807) is 27.7 Å². The van der Waals surface area contributed by atoms with E-state index in [-0.39, 0.29) is 6.42 Å². The number of rotatable bonds is 4. The van der Waals surface area contributed by atoms with Crippen molar-refractivity contribution in [2.75, 3.05) is 0 Å². The summed E-state index contributed by atoms with van der Waals surface area (Å²) in [6.45, 7) is 6.82. The topological polar surface area (TPSA) is 75.6 Å². The van der Waals surface area contributed by atoms with Crippen LogP contribution < -0.4 is 5.32 Å². The Morgan fingerprint density at radius 3 is 2.52 bits per heavy atom. The van der Waals surface area contributed by atoms with E-state index in [1.165, 1.54) is 18.2 Å². The summed E-state index contributed by atoms with van der Waals surface area (Å²) >= 11 is 0. The Labute approximate surface area is 123 Å². The van der Waals surface area contributed by atoms with Crippen LogP contribution in [-0.2, 0) is 9.53 Å². The van der Waals surface area contributed by atoms with Crippen molar-refractivity contribution in [3.05, 3.63) is 35.1 Å². The molecule has 0 unspecified atom stereocenters. The summed E-state index contributed by atoms with van der Waals surface area (Å²) in [6.07, 6.45) is -1.10. The van der Waals surface area contributed by atoms with E-state index >= 15 is 0 Å². The van der Waals surface area contributed by atoms with Crippen molar-refractivity contribution in [1.82, 2.24) is 5.32 Å². The van der Waals surface area contributed by atoms with Gasteiger partial charge in [-0.25, -0.2) is 9.18 Å². The van der Waals surface area contributed by atoms with Crippen LogP contribution >= 0.6 is 0 Å². The van der Waals surface area contributed by atoms with Crippen molar-refractivity contribution >= 4 is 12.1 Å². The number of hydrogen-bond donors (Lipinski definition) is 2. The van der Waals surface area contributed by atoms with Crippen molar-refractivity contribution in [2.24, 2.45) is 0 Å². The number of hydrogen-bond acceptors (Lipinski definition) is 3. The van der Waals surface area contributed by atoms with Gasteiger partial charge in [0.1, 0.15) is 11.4 Å². The van der Waals surface area contributed by atoms with Gasteiger partial charge in [-0.2, -0.15) is 0 Å². The minimum absolute atomic E-state index is 0.358. The van der Waals surface area contributed by atoms with Crippen LogP contribution in [0.3, 0.4) is 0 Å². The third kappa shape index (κ3) is 5.81. The van der Waals surface area contributed by atoms with E-state index in [4.69, 9.17) is 9.84 Å². The zero-order chi connectivity index (χ0) is 16.2. The number of nitrogens with one attached hydrogen (secondary N) is 1. The molecule has 6 heteroatoms. The van der Waals surface area contributed by atoms with Crippen LogP contribution in [-0.4, -0.2) is 22.8 Å². The minimum Gasteiger partial charge on any atom is -0.481 e. The second kappa shape index (κ2) is 6.56. The van der Waals surface area contributed by atoms with Crippen LogP contribution in [0.2, 0.25) is 0 Å². The number of aliphatic carboxylic acids is 1. The van der Waals surface area contributed by atoms with Gasteiger partial charge in [-0.1, -0.05) is 6.07 Å². The predicted octanol–water partition coefficient (Wildman–Crippen LogP) is 3.17. The molecule has 1 atom stereocenters. The summed E-state index contributed by atoms with van der Waals surface area (Å²) in [5, 5.41) is 11.4. The maximum absolute atomic E-state index is 13.4. The van der Waals surface area contributed by atoms with E-state index in [1.807, 2.05) is 0 Å². The first-order chi connectivity index (χ1) is 9.58. The Balaban J connectivity index is 2.98. The number of ether oxygens (including phenoxy) is 1. The molecular formula is C15H20FNO4. The molecule has 116 valence electrons. The third-order valence-corrected chi connectivity index (χ3v) is 2.69. The molecule has 0 aliphatic heterocycles. The molecule has 1 aromatic carbocycles. The van der Waals surface area contributed by atoms with E-state index < -0.39 is 29.5 Å². The van der Waals surface area contributed by atoms with Gasteiger partial charge in [0, 0.05) is 0 Å². The van der Waals surface area contributed by atoms with Crippen molar-refractivity contribution in [2.45, 2.75) is 45.8 Å². The lowest BCUT2D eigenvalue weighted by atomic mass is 9.98. The quantitative estimate of drug-likeness (QED) is 0.895. The molecule has 0 spiro atoms. The first-order valence-electron chi connectivity index (χ1n) is 6.56. The van der Waals surface area contributed by atoms with Crippen LogP contribution in [0, 0.1) is 12.7 Å². The summed E-state index contributed by atoms with van der Waals surface area (Å²) in [5.74, 6) is -1.59. The van der Waals surface area contributed by atoms with Gasteiger partial charge in [0.25, 0.3) is 0 Å². The molecule has 1 aromatic rings. The summed E-state index contributed by atoms with van der Waals surface area (Å²) in [7, 11) is 0. The average Bonchev–Trinajstić information content (AvgIpc) is 2.28. The lowest BCUT2D eigenvalue weighted by molar-refractivity contribution is -0.137. The Bertz CT molecular complexity index is 537. The number of aryl methyl sites for hydroxylation is 1. The smallest absolute Gasteiger partial charge is 0.408 e. The Hall–Kier alpha value is -2.11. The SMILES string of the molecule is Cc1ccc(F)cc1[C@@H](CC(=O)O)NC(=O)OC(C)(C)C. The molecular weight excluding hydrogens is 277 g/mol. The zero-order valence-electron chi connectivity index (χ0n) is 12.6. The molecule has 5 nitrogen and oxygen atoms in total. The molecule has 0 saturated carbocycles. The highest BCUT2D eigenvalue weighted by Gasteiger charge is 2.23. The normalized spacial score (nSPS) is 12.6. The molecule has 0 aliphatic rings. The van der Waals surface area contributed by atoms with Gasteiger partial charge in [0.2, 0.25) is 0 Å². The highest BCUT2D eigenvalue weighted by atomic mass is 19.1. The van der Waals surface area contributed by atoms with Crippen LogP contribution in [0.25, 0.3) is 0 Å². The molecule has 2 N–H and O–H groups in total. The number of carbonyl (C=O) groups is 2. The van der Waals surface area contributed by atoms with Crippen LogP contribution in [0.15, 0.2) is 18.2 Å².